The first-order valence-electron chi connectivity index (χ1n) is 5.46. The molecule has 17 heavy (non-hydrogen) atoms. The van der Waals surface area contributed by atoms with E-state index in [1.54, 1.807) is 23.0 Å². The molecule has 0 radical (unpaired) electrons. The van der Waals surface area contributed by atoms with Gasteiger partial charge in [0.1, 0.15) is 5.69 Å². The van der Waals surface area contributed by atoms with Gasteiger partial charge >= 0.3 is 0 Å². The summed E-state index contributed by atoms with van der Waals surface area (Å²) in [6.07, 6.45) is 1.63. The number of halogens is 1. The first-order chi connectivity index (χ1) is 8.15. The normalized spacial score (nSPS) is 10.5. The van der Waals surface area contributed by atoms with Gasteiger partial charge in [-0.1, -0.05) is 23.7 Å². The van der Waals surface area contributed by atoms with Gasteiger partial charge in [0, 0.05) is 18.3 Å². The van der Waals surface area contributed by atoms with Crippen molar-refractivity contribution in [3.05, 3.63) is 52.3 Å². The van der Waals surface area contributed by atoms with Crippen molar-refractivity contribution in [1.29, 1.82) is 0 Å². The van der Waals surface area contributed by atoms with E-state index in [2.05, 4.69) is 5.10 Å². The van der Waals surface area contributed by atoms with Gasteiger partial charge in [-0.15, -0.1) is 0 Å². The van der Waals surface area contributed by atoms with E-state index in [9.17, 15) is 4.79 Å². The lowest BCUT2D eigenvalue weighted by Crippen LogP contribution is -2.11. The molecule has 0 aliphatic rings. The maximum absolute atomic E-state index is 12.3. The molecule has 4 heteroatoms. The Morgan fingerprint density at radius 2 is 2.18 bits per heavy atom. The molecule has 2 rings (SSSR count). The molecule has 0 bridgehead atoms. The molecule has 0 atom stereocenters. The van der Waals surface area contributed by atoms with Crippen molar-refractivity contribution in [2.24, 2.45) is 0 Å². The lowest BCUT2D eigenvalue weighted by Gasteiger charge is -2.07. The largest absolute Gasteiger partial charge is 0.287 e. The topological polar surface area (TPSA) is 34.9 Å². The van der Waals surface area contributed by atoms with Crippen LogP contribution in [0.15, 0.2) is 30.5 Å². The quantitative estimate of drug-likeness (QED) is 0.783. The Balaban J connectivity index is 2.48. The number of aryl methyl sites for hydroxylation is 2. The van der Waals surface area contributed by atoms with E-state index >= 15 is 0 Å². The number of aromatic nitrogens is 2. The fourth-order valence-electron chi connectivity index (χ4n) is 1.74. The van der Waals surface area contributed by atoms with E-state index in [0.29, 0.717) is 22.8 Å². The average Bonchev–Trinajstić information content (AvgIpc) is 2.80. The van der Waals surface area contributed by atoms with Crippen LogP contribution in [0.1, 0.15) is 28.5 Å². The van der Waals surface area contributed by atoms with E-state index in [1.165, 1.54) is 0 Å². The third-order valence-electron chi connectivity index (χ3n) is 2.69. The molecule has 0 unspecified atom stereocenters. The number of carbonyl (C=O) groups is 1. The molecular formula is C13H13ClN2O. The van der Waals surface area contributed by atoms with Gasteiger partial charge < -0.3 is 0 Å². The zero-order valence-electron chi connectivity index (χ0n) is 9.77. The Labute approximate surface area is 105 Å². The molecule has 1 aromatic carbocycles. The van der Waals surface area contributed by atoms with Gasteiger partial charge in [-0.3, -0.25) is 9.48 Å². The Morgan fingerprint density at radius 1 is 1.41 bits per heavy atom. The van der Waals surface area contributed by atoms with Crippen LogP contribution >= 0.6 is 11.6 Å². The summed E-state index contributed by atoms with van der Waals surface area (Å²) in [5.41, 5.74) is 2.00. The van der Waals surface area contributed by atoms with Crippen LogP contribution < -0.4 is 0 Å². The third-order valence-corrected chi connectivity index (χ3v) is 3.19. The highest BCUT2D eigenvalue weighted by Crippen LogP contribution is 2.22. The summed E-state index contributed by atoms with van der Waals surface area (Å²) in [7, 11) is 0. The molecule has 0 N–H and O–H groups in total. The standard InChI is InChI=1S/C13H13ClN2O/c1-3-16-11(7-8-15-16)13(17)10-6-4-5-9(2)12(10)14/h4-8H,3H2,1-2H3. The number of ketones is 1. The molecule has 0 aliphatic carbocycles. The molecule has 0 saturated heterocycles. The summed E-state index contributed by atoms with van der Waals surface area (Å²) in [5.74, 6) is -0.0851. The van der Waals surface area contributed by atoms with Crippen LogP contribution in [0.2, 0.25) is 5.02 Å². The van der Waals surface area contributed by atoms with Crippen molar-refractivity contribution in [1.82, 2.24) is 9.78 Å². The minimum Gasteiger partial charge on any atom is -0.287 e. The molecule has 0 saturated carbocycles. The van der Waals surface area contributed by atoms with Crippen LogP contribution in [0.3, 0.4) is 0 Å². The number of benzene rings is 1. The minimum absolute atomic E-state index is 0.0851. The molecule has 0 fully saturated rings. The molecule has 1 heterocycles. The fourth-order valence-corrected chi connectivity index (χ4v) is 1.95. The summed E-state index contributed by atoms with van der Waals surface area (Å²) < 4.78 is 1.67. The third kappa shape index (κ3) is 2.11. The van der Waals surface area contributed by atoms with E-state index in [0.717, 1.165) is 5.56 Å². The Hall–Kier alpha value is -1.61. The first-order valence-corrected chi connectivity index (χ1v) is 5.84. The molecule has 2 aromatic rings. The number of nitrogens with zero attached hydrogens (tertiary/aromatic N) is 2. The number of carbonyl (C=O) groups excluding carboxylic acids is 1. The Bertz CT molecular complexity index is 560. The van der Waals surface area contributed by atoms with Crippen molar-refractivity contribution in [2.45, 2.75) is 20.4 Å². The predicted molar refractivity (Wildman–Crippen MR) is 67.5 cm³/mol. The van der Waals surface area contributed by atoms with Gasteiger partial charge in [-0.2, -0.15) is 5.10 Å². The van der Waals surface area contributed by atoms with Crippen LogP contribution in [-0.2, 0) is 6.54 Å². The van der Waals surface area contributed by atoms with Crippen LogP contribution in [0.5, 0.6) is 0 Å². The lowest BCUT2D eigenvalue weighted by molar-refractivity contribution is 0.102. The molecule has 0 amide bonds. The second kappa shape index (κ2) is 4.72. The highest BCUT2D eigenvalue weighted by Gasteiger charge is 2.17. The van der Waals surface area contributed by atoms with E-state index in [4.69, 9.17) is 11.6 Å². The van der Waals surface area contributed by atoms with Crippen molar-refractivity contribution < 1.29 is 4.79 Å². The van der Waals surface area contributed by atoms with Crippen LogP contribution in [0, 0.1) is 6.92 Å². The molecule has 3 nitrogen and oxygen atoms in total. The van der Waals surface area contributed by atoms with Gasteiger partial charge in [0.25, 0.3) is 0 Å². The number of hydrogen-bond acceptors (Lipinski definition) is 2. The van der Waals surface area contributed by atoms with Gasteiger partial charge in [-0.05, 0) is 31.5 Å². The molecule has 88 valence electrons. The monoisotopic (exact) mass is 248 g/mol. The van der Waals surface area contributed by atoms with Gasteiger partial charge in [0.15, 0.2) is 0 Å². The van der Waals surface area contributed by atoms with Crippen LogP contribution in [0.4, 0.5) is 0 Å². The maximum atomic E-state index is 12.3. The van der Waals surface area contributed by atoms with Crippen molar-refractivity contribution in [3.63, 3.8) is 0 Å². The summed E-state index contributed by atoms with van der Waals surface area (Å²) in [5, 5.41) is 4.60. The molecule has 0 spiro atoms. The van der Waals surface area contributed by atoms with Gasteiger partial charge in [0.2, 0.25) is 5.78 Å². The molecular weight excluding hydrogens is 236 g/mol. The zero-order chi connectivity index (χ0) is 12.4. The molecule has 0 aliphatic heterocycles. The summed E-state index contributed by atoms with van der Waals surface area (Å²) in [6, 6.07) is 7.17. The second-order valence-electron chi connectivity index (χ2n) is 3.80. The first kappa shape index (κ1) is 11.9. The smallest absolute Gasteiger partial charge is 0.212 e. The lowest BCUT2D eigenvalue weighted by atomic mass is 10.1. The fraction of sp³-hybridized carbons (Fsp3) is 0.231. The number of hydrogen-bond donors (Lipinski definition) is 0. The Kier molecular flexibility index (Phi) is 3.29. The minimum atomic E-state index is -0.0851. The zero-order valence-corrected chi connectivity index (χ0v) is 10.5. The Morgan fingerprint density at radius 3 is 2.88 bits per heavy atom. The van der Waals surface area contributed by atoms with E-state index < -0.39 is 0 Å². The highest BCUT2D eigenvalue weighted by molar-refractivity contribution is 6.35. The highest BCUT2D eigenvalue weighted by atomic mass is 35.5. The number of rotatable bonds is 3. The SMILES string of the molecule is CCn1nccc1C(=O)c1cccc(C)c1Cl. The van der Waals surface area contributed by atoms with Crippen molar-refractivity contribution in [3.8, 4) is 0 Å². The predicted octanol–water partition coefficient (Wildman–Crippen LogP) is 3.10. The van der Waals surface area contributed by atoms with Crippen molar-refractivity contribution >= 4 is 17.4 Å². The van der Waals surface area contributed by atoms with Gasteiger partial charge in [-0.25, -0.2) is 0 Å². The van der Waals surface area contributed by atoms with E-state index in [1.807, 2.05) is 26.0 Å². The second-order valence-corrected chi connectivity index (χ2v) is 4.18. The van der Waals surface area contributed by atoms with E-state index in [-0.39, 0.29) is 5.78 Å². The summed E-state index contributed by atoms with van der Waals surface area (Å²) in [4.78, 5) is 12.3. The van der Waals surface area contributed by atoms with Crippen LogP contribution in [0.25, 0.3) is 0 Å². The van der Waals surface area contributed by atoms with Crippen molar-refractivity contribution in [2.75, 3.05) is 0 Å². The summed E-state index contributed by atoms with van der Waals surface area (Å²) in [6.45, 7) is 4.50. The summed E-state index contributed by atoms with van der Waals surface area (Å²) >= 11 is 6.15. The maximum Gasteiger partial charge on any atom is 0.212 e. The molecule has 1 aromatic heterocycles. The van der Waals surface area contributed by atoms with Crippen LogP contribution in [-0.4, -0.2) is 15.6 Å². The average molecular weight is 249 g/mol. The van der Waals surface area contributed by atoms with Gasteiger partial charge in [0.05, 0.1) is 5.02 Å².